The van der Waals surface area contributed by atoms with Gasteiger partial charge in [-0.1, -0.05) is 80.4 Å². The van der Waals surface area contributed by atoms with E-state index < -0.39 is 0 Å². The topological polar surface area (TPSA) is 3.24 Å². The van der Waals surface area contributed by atoms with Gasteiger partial charge in [-0.2, -0.15) is 0 Å². The van der Waals surface area contributed by atoms with E-state index in [1.54, 1.807) is 0 Å². The Morgan fingerprint density at radius 2 is 1.27 bits per heavy atom. The van der Waals surface area contributed by atoms with Crippen LogP contribution < -0.4 is 0 Å². The first-order valence-corrected chi connectivity index (χ1v) is 8.13. The zero-order valence-corrected chi connectivity index (χ0v) is 13.6. The highest BCUT2D eigenvalue weighted by molar-refractivity contribution is 5.33. The molecule has 2 aromatic rings. The lowest BCUT2D eigenvalue weighted by molar-refractivity contribution is 0.342. The third kappa shape index (κ3) is 4.76. The molecule has 0 spiro atoms. The third-order valence-electron chi connectivity index (χ3n) is 4.03. The lowest BCUT2D eigenvalue weighted by Gasteiger charge is -2.16. The summed E-state index contributed by atoms with van der Waals surface area (Å²) in [7, 11) is 0. The smallest absolute Gasteiger partial charge is 0.0601 e. The molecule has 0 unspecified atom stereocenters. The van der Waals surface area contributed by atoms with Crippen molar-refractivity contribution < 1.29 is 0 Å². The van der Waals surface area contributed by atoms with E-state index in [-0.39, 0.29) is 0 Å². The third-order valence-corrected chi connectivity index (χ3v) is 4.03. The van der Waals surface area contributed by atoms with Crippen LogP contribution in [-0.2, 0) is 0 Å². The first kappa shape index (κ1) is 16.3. The molecule has 0 fully saturated rings. The first-order chi connectivity index (χ1) is 10.8. The lowest BCUT2D eigenvalue weighted by Crippen LogP contribution is -2.22. The maximum Gasteiger partial charge on any atom is 0.0601 e. The second-order valence-corrected chi connectivity index (χ2v) is 5.39. The number of benzene rings is 2. The average molecular weight is 291 g/mol. The molecule has 0 amide bonds. The van der Waals surface area contributed by atoms with E-state index in [4.69, 9.17) is 0 Å². The predicted octanol–water partition coefficient (Wildman–Crippen LogP) is 4.55. The Morgan fingerprint density at radius 1 is 0.773 bits per heavy atom. The van der Waals surface area contributed by atoms with Crippen LogP contribution >= 0.6 is 0 Å². The Labute approximate surface area is 135 Å². The fraction of sp³-hybridized carbons (Fsp3) is 0.333. The van der Waals surface area contributed by atoms with Crippen LogP contribution in [0, 0.1) is 11.8 Å². The van der Waals surface area contributed by atoms with Crippen LogP contribution in [0.2, 0.25) is 0 Å². The molecular formula is C21H25N. The Bertz CT molecular complexity index is 549. The van der Waals surface area contributed by atoms with E-state index in [0.29, 0.717) is 5.92 Å². The van der Waals surface area contributed by atoms with Gasteiger partial charge in [-0.25, -0.2) is 0 Å². The summed E-state index contributed by atoms with van der Waals surface area (Å²) in [5, 5.41) is 0. The summed E-state index contributed by atoms with van der Waals surface area (Å²) in [5.41, 5.74) is 2.68. The predicted molar refractivity (Wildman–Crippen MR) is 94.9 cm³/mol. The van der Waals surface area contributed by atoms with Gasteiger partial charge in [-0.15, -0.1) is 5.92 Å². The molecule has 0 N–H and O–H groups in total. The van der Waals surface area contributed by atoms with Crippen LogP contribution in [0.25, 0.3) is 0 Å². The summed E-state index contributed by atoms with van der Waals surface area (Å²) in [6.07, 6.45) is 0.870. The van der Waals surface area contributed by atoms with Crippen molar-refractivity contribution in [3.8, 4) is 11.8 Å². The molecule has 2 aromatic carbocycles. The second-order valence-electron chi connectivity index (χ2n) is 5.39. The molecule has 0 bridgehead atoms. The summed E-state index contributed by atoms with van der Waals surface area (Å²) in [6, 6.07) is 21.3. The quantitative estimate of drug-likeness (QED) is 0.706. The Morgan fingerprint density at radius 3 is 1.73 bits per heavy atom. The lowest BCUT2D eigenvalue weighted by atomic mass is 9.89. The number of nitrogens with zero attached hydrogens (tertiary/aromatic N) is 1. The number of hydrogen-bond donors (Lipinski definition) is 0. The minimum absolute atomic E-state index is 0.353. The van der Waals surface area contributed by atoms with E-state index in [1.807, 2.05) is 0 Å². The van der Waals surface area contributed by atoms with Gasteiger partial charge in [0.2, 0.25) is 0 Å². The fourth-order valence-corrected chi connectivity index (χ4v) is 2.59. The molecule has 0 heterocycles. The minimum Gasteiger partial charge on any atom is -0.293 e. The van der Waals surface area contributed by atoms with Crippen molar-refractivity contribution in [1.82, 2.24) is 4.90 Å². The van der Waals surface area contributed by atoms with Gasteiger partial charge in [0.1, 0.15) is 0 Å². The number of hydrogen-bond acceptors (Lipinski definition) is 1. The average Bonchev–Trinajstić information content (AvgIpc) is 2.60. The zero-order chi connectivity index (χ0) is 15.6. The van der Waals surface area contributed by atoms with Gasteiger partial charge in [0.05, 0.1) is 6.54 Å². The van der Waals surface area contributed by atoms with Crippen LogP contribution in [-0.4, -0.2) is 24.5 Å². The van der Waals surface area contributed by atoms with Gasteiger partial charge in [0.15, 0.2) is 0 Å². The second kappa shape index (κ2) is 9.07. The van der Waals surface area contributed by atoms with Crippen molar-refractivity contribution in [3.05, 3.63) is 71.8 Å². The van der Waals surface area contributed by atoms with E-state index in [0.717, 1.165) is 26.1 Å². The molecule has 0 saturated carbocycles. The van der Waals surface area contributed by atoms with Gasteiger partial charge in [-0.05, 0) is 24.2 Å². The van der Waals surface area contributed by atoms with Gasteiger partial charge in [0, 0.05) is 12.3 Å². The highest BCUT2D eigenvalue weighted by Gasteiger charge is 2.12. The monoisotopic (exact) mass is 291 g/mol. The maximum absolute atomic E-state index is 3.39. The summed E-state index contributed by atoms with van der Waals surface area (Å²) < 4.78 is 0. The van der Waals surface area contributed by atoms with Crippen LogP contribution in [0.15, 0.2) is 60.7 Å². The molecular weight excluding hydrogens is 266 g/mol. The fourth-order valence-electron chi connectivity index (χ4n) is 2.59. The van der Waals surface area contributed by atoms with Crippen molar-refractivity contribution in [2.45, 2.75) is 26.2 Å². The van der Waals surface area contributed by atoms with E-state index in [2.05, 4.69) is 91.3 Å². The van der Waals surface area contributed by atoms with Crippen molar-refractivity contribution in [1.29, 1.82) is 0 Å². The van der Waals surface area contributed by atoms with Gasteiger partial charge in [0.25, 0.3) is 0 Å². The minimum atomic E-state index is 0.353. The number of rotatable bonds is 6. The highest BCUT2D eigenvalue weighted by Crippen LogP contribution is 2.27. The van der Waals surface area contributed by atoms with Crippen LogP contribution in [0.5, 0.6) is 0 Å². The highest BCUT2D eigenvalue weighted by atomic mass is 15.1. The molecule has 22 heavy (non-hydrogen) atoms. The Kier molecular flexibility index (Phi) is 6.74. The first-order valence-electron chi connectivity index (χ1n) is 8.13. The Hall–Kier alpha value is -2.04. The summed E-state index contributed by atoms with van der Waals surface area (Å²) in [4.78, 5) is 2.34. The summed E-state index contributed by atoms with van der Waals surface area (Å²) in [6.45, 7) is 7.35. The van der Waals surface area contributed by atoms with Crippen LogP contribution in [0.4, 0.5) is 0 Å². The normalized spacial score (nSPS) is 10.5. The van der Waals surface area contributed by atoms with Crippen molar-refractivity contribution >= 4 is 0 Å². The zero-order valence-electron chi connectivity index (χ0n) is 13.6. The van der Waals surface area contributed by atoms with Gasteiger partial charge < -0.3 is 0 Å². The maximum atomic E-state index is 3.39. The van der Waals surface area contributed by atoms with Gasteiger partial charge in [-0.3, -0.25) is 4.90 Å². The van der Waals surface area contributed by atoms with Crippen molar-refractivity contribution in [2.24, 2.45) is 0 Å². The molecule has 0 aliphatic rings. The van der Waals surface area contributed by atoms with E-state index in [9.17, 15) is 0 Å². The molecule has 1 heteroatoms. The SMILES string of the molecule is CCN(CC)CC#CCC(c1ccccc1)c1ccccc1. The van der Waals surface area contributed by atoms with E-state index >= 15 is 0 Å². The summed E-state index contributed by atoms with van der Waals surface area (Å²) in [5.74, 6) is 7.08. The van der Waals surface area contributed by atoms with Crippen molar-refractivity contribution in [2.75, 3.05) is 19.6 Å². The van der Waals surface area contributed by atoms with Crippen LogP contribution in [0.1, 0.15) is 37.3 Å². The van der Waals surface area contributed by atoms with Crippen LogP contribution in [0.3, 0.4) is 0 Å². The molecule has 0 saturated heterocycles. The molecule has 114 valence electrons. The largest absolute Gasteiger partial charge is 0.293 e. The van der Waals surface area contributed by atoms with Crippen molar-refractivity contribution in [3.63, 3.8) is 0 Å². The molecule has 0 aliphatic carbocycles. The standard InChI is InChI=1S/C21H25N/c1-3-22(4-2)18-12-11-17-21(19-13-7-5-8-14-19)20-15-9-6-10-16-20/h5-10,13-16,21H,3-4,17-18H2,1-2H3. The van der Waals surface area contributed by atoms with E-state index in [1.165, 1.54) is 11.1 Å². The molecule has 0 radical (unpaired) electrons. The summed E-state index contributed by atoms with van der Waals surface area (Å²) >= 11 is 0. The molecule has 1 nitrogen and oxygen atoms in total. The molecule has 0 aliphatic heterocycles. The van der Waals surface area contributed by atoms with Gasteiger partial charge >= 0.3 is 0 Å². The molecule has 2 rings (SSSR count). The Balaban J connectivity index is 2.12. The molecule has 0 atom stereocenters. The molecule has 0 aromatic heterocycles.